The normalized spacial score (nSPS) is 12.1. The van der Waals surface area contributed by atoms with Gasteiger partial charge in [-0.1, -0.05) is 36.4 Å². The molecule has 0 unspecified atom stereocenters. The Morgan fingerprint density at radius 1 is 1.17 bits per heavy atom. The third-order valence-electron chi connectivity index (χ3n) is 4.05. The van der Waals surface area contributed by atoms with Gasteiger partial charge in [-0.05, 0) is 11.6 Å². The van der Waals surface area contributed by atoms with Gasteiger partial charge in [0.05, 0.1) is 24.0 Å². The number of nitro benzene ring substituents is 1. The number of ether oxygens (including phenoxy) is 1. The maximum absolute atomic E-state index is 12.8. The molecule has 0 bridgehead atoms. The monoisotopic (exact) mass is 410 g/mol. The lowest BCUT2D eigenvalue weighted by Gasteiger charge is -2.17. The molecule has 29 heavy (non-hydrogen) atoms. The largest absolute Gasteiger partial charge is 0.467 e. The predicted octanol–water partition coefficient (Wildman–Crippen LogP) is 3.06. The first-order chi connectivity index (χ1) is 13.6. The van der Waals surface area contributed by atoms with Crippen molar-refractivity contribution in [3.8, 4) is 0 Å². The van der Waals surface area contributed by atoms with E-state index in [1.165, 1.54) is 30.3 Å². The smallest absolute Gasteiger partial charge is 0.416 e. The number of methoxy groups -OCH3 is 1. The summed E-state index contributed by atoms with van der Waals surface area (Å²) in [5.41, 5.74) is -0.820. The van der Waals surface area contributed by atoms with Crippen LogP contribution in [0.25, 0.3) is 0 Å². The average Bonchev–Trinajstić information content (AvgIpc) is 2.66. The second-order valence-electron chi connectivity index (χ2n) is 6.11. The summed E-state index contributed by atoms with van der Waals surface area (Å²) in [6.07, 6.45) is -5.17. The highest BCUT2D eigenvalue weighted by molar-refractivity contribution is 5.86. The van der Waals surface area contributed by atoms with Crippen molar-refractivity contribution in [2.24, 2.45) is 0 Å². The fourth-order valence-electron chi connectivity index (χ4n) is 2.71. The van der Waals surface area contributed by atoms with E-state index in [1.54, 1.807) is 6.07 Å². The lowest BCUT2D eigenvalue weighted by molar-refractivity contribution is -0.385. The number of para-hydroxylation sites is 1. The molecule has 0 heterocycles. The van der Waals surface area contributed by atoms with Crippen molar-refractivity contribution >= 4 is 17.6 Å². The number of hydrogen-bond acceptors (Lipinski definition) is 5. The highest BCUT2D eigenvalue weighted by Crippen LogP contribution is 2.29. The first-order valence-corrected chi connectivity index (χ1v) is 8.37. The van der Waals surface area contributed by atoms with Gasteiger partial charge in [0, 0.05) is 18.1 Å². The molecule has 10 heteroatoms. The maximum Gasteiger partial charge on any atom is 0.416 e. The van der Waals surface area contributed by atoms with Gasteiger partial charge in [0.25, 0.3) is 5.69 Å². The highest BCUT2D eigenvalue weighted by atomic mass is 19.4. The third-order valence-corrected chi connectivity index (χ3v) is 4.05. The number of rotatable bonds is 7. The Kier molecular flexibility index (Phi) is 6.92. The number of halogens is 3. The van der Waals surface area contributed by atoms with Gasteiger partial charge in [-0.2, -0.15) is 13.2 Å². The van der Waals surface area contributed by atoms with E-state index in [9.17, 15) is 32.9 Å². The lowest BCUT2D eigenvalue weighted by atomic mass is 10.0. The van der Waals surface area contributed by atoms with Crippen molar-refractivity contribution in [3.63, 3.8) is 0 Å². The van der Waals surface area contributed by atoms with Crippen LogP contribution >= 0.6 is 0 Å². The third kappa shape index (κ3) is 6.03. The van der Waals surface area contributed by atoms with Crippen LogP contribution in [0.3, 0.4) is 0 Å². The topological polar surface area (TPSA) is 98.5 Å². The molecule has 2 aromatic carbocycles. The van der Waals surface area contributed by atoms with Crippen LogP contribution in [0.4, 0.5) is 18.9 Å². The molecule has 7 nitrogen and oxygen atoms in total. The van der Waals surface area contributed by atoms with Crippen LogP contribution in [0.2, 0.25) is 0 Å². The standard InChI is InChI=1S/C19H17F3N2O5/c1-29-18(26)15(11-13-6-2-3-8-16(13)24(27)28)23-17(25)10-12-5-4-7-14(9-12)19(20,21)22/h2-9,15H,10-11H2,1H3,(H,23,25)/t15-/m1/s1. The zero-order valence-electron chi connectivity index (χ0n) is 15.2. The van der Waals surface area contributed by atoms with Crippen molar-refractivity contribution in [1.29, 1.82) is 0 Å². The Bertz CT molecular complexity index is 915. The van der Waals surface area contributed by atoms with Crippen LogP contribution in [0.15, 0.2) is 48.5 Å². The van der Waals surface area contributed by atoms with Gasteiger partial charge in [0.1, 0.15) is 6.04 Å². The van der Waals surface area contributed by atoms with Crippen LogP contribution in [-0.4, -0.2) is 30.0 Å². The number of carbonyl (C=O) groups is 2. The van der Waals surface area contributed by atoms with Crippen molar-refractivity contribution in [1.82, 2.24) is 5.32 Å². The minimum absolute atomic E-state index is 0.103. The molecule has 0 saturated carbocycles. The first kappa shape index (κ1) is 21.9. The van der Waals surface area contributed by atoms with Gasteiger partial charge in [-0.25, -0.2) is 4.79 Å². The molecule has 1 atom stereocenters. The van der Waals surface area contributed by atoms with Gasteiger partial charge < -0.3 is 10.1 Å². The molecule has 0 aliphatic rings. The molecule has 0 spiro atoms. The number of nitro groups is 1. The zero-order valence-corrected chi connectivity index (χ0v) is 15.2. The van der Waals surface area contributed by atoms with E-state index < -0.39 is 41.0 Å². The summed E-state index contributed by atoms with van der Waals surface area (Å²) in [5, 5.41) is 13.5. The molecule has 1 amide bonds. The van der Waals surface area contributed by atoms with Crippen LogP contribution in [0.5, 0.6) is 0 Å². The Balaban J connectivity index is 2.16. The summed E-state index contributed by atoms with van der Waals surface area (Å²) in [6, 6.07) is 8.71. The van der Waals surface area contributed by atoms with E-state index in [0.717, 1.165) is 19.2 Å². The summed E-state index contributed by atoms with van der Waals surface area (Å²) in [6.45, 7) is 0. The average molecular weight is 410 g/mol. The lowest BCUT2D eigenvalue weighted by Crippen LogP contribution is -2.43. The van der Waals surface area contributed by atoms with Crippen molar-refractivity contribution in [2.45, 2.75) is 25.1 Å². The maximum atomic E-state index is 12.8. The highest BCUT2D eigenvalue weighted by Gasteiger charge is 2.31. The van der Waals surface area contributed by atoms with Crippen LogP contribution in [0, 0.1) is 10.1 Å². The number of hydrogen-bond donors (Lipinski definition) is 1. The van der Waals surface area contributed by atoms with Crippen LogP contribution < -0.4 is 5.32 Å². The van der Waals surface area contributed by atoms with Gasteiger partial charge in [0.2, 0.25) is 5.91 Å². The predicted molar refractivity (Wildman–Crippen MR) is 95.9 cm³/mol. The van der Waals surface area contributed by atoms with Gasteiger partial charge in [-0.3, -0.25) is 14.9 Å². The molecule has 0 aliphatic carbocycles. The SMILES string of the molecule is COC(=O)[C@@H](Cc1ccccc1[N+](=O)[O-])NC(=O)Cc1cccc(C(F)(F)F)c1. The molecule has 1 N–H and O–H groups in total. The molecule has 0 aromatic heterocycles. The summed E-state index contributed by atoms with van der Waals surface area (Å²) < 4.78 is 43.0. The van der Waals surface area contributed by atoms with Crippen LogP contribution in [-0.2, 0) is 33.3 Å². The Hall–Kier alpha value is -3.43. The summed E-state index contributed by atoms with van der Waals surface area (Å²) in [5.74, 6) is -1.56. The van der Waals surface area contributed by atoms with E-state index in [2.05, 4.69) is 10.1 Å². The second-order valence-corrected chi connectivity index (χ2v) is 6.11. The van der Waals surface area contributed by atoms with Crippen LogP contribution in [0.1, 0.15) is 16.7 Å². The number of esters is 1. The zero-order chi connectivity index (χ0) is 21.6. The molecule has 2 rings (SSSR count). The Labute approximate surface area is 163 Å². The molecular formula is C19H17F3N2O5. The van der Waals surface area contributed by atoms with E-state index >= 15 is 0 Å². The van der Waals surface area contributed by atoms with Crippen molar-refractivity contribution in [3.05, 3.63) is 75.3 Å². The summed E-state index contributed by atoms with van der Waals surface area (Å²) >= 11 is 0. The van der Waals surface area contributed by atoms with Gasteiger partial charge >= 0.3 is 12.1 Å². The minimum atomic E-state index is -4.55. The quantitative estimate of drug-likeness (QED) is 0.430. The molecular weight excluding hydrogens is 393 g/mol. The number of amides is 1. The van der Waals surface area contributed by atoms with E-state index in [4.69, 9.17) is 0 Å². The molecule has 2 aromatic rings. The fourth-order valence-corrected chi connectivity index (χ4v) is 2.71. The Morgan fingerprint density at radius 3 is 2.48 bits per heavy atom. The van der Waals surface area contributed by atoms with Gasteiger partial charge in [0.15, 0.2) is 0 Å². The Morgan fingerprint density at radius 2 is 1.86 bits per heavy atom. The molecule has 0 radical (unpaired) electrons. The minimum Gasteiger partial charge on any atom is -0.467 e. The van der Waals surface area contributed by atoms with Crippen molar-refractivity contribution in [2.75, 3.05) is 7.11 Å². The first-order valence-electron chi connectivity index (χ1n) is 8.37. The summed E-state index contributed by atoms with van der Waals surface area (Å²) in [4.78, 5) is 34.8. The number of nitrogens with zero attached hydrogens (tertiary/aromatic N) is 1. The summed E-state index contributed by atoms with van der Waals surface area (Å²) in [7, 11) is 1.09. The fraction of sp³-hybridized carbons (Fsp3) is 0.263. The van der Waals surface area contributed by atoms with E-state index in [1.807, 2.05) is 0 Å². The van der Waals surface area contributed by atoms with Gasteiger partial charge in [-0.15, -0.1) is 0 Å². The number of alkyl halides is 3. The molecule has 154 valence electrons. The molecule has 0 fully saturated rings. The molecule has 0 aliphatic heterocycles. The number of carbonyl (C=O) groups excluding carboxylic acids is 2. The van der Waals surface area contributed by atoms with Crippen molar-refractivity contribution < 1.29 is 32.4 Å². The number of nitrogens with one attached hydrogen (secondary N) is 1. The molecule has 0 saturated heterocycles. The van der Waals surface area contributed by atoms with E-state index in [0.29, 0.717) is 0 Å². The second kappa shape index (κ2) is 9.18. The van der Waals surface area contributed by atoms with E-state index in [-0.39, 0.29) is 23.2 Å². The number of benzene rings is 2.